The highest BCUT2D eigenvalue weighted by Gasteiger charge is 2.03. The number of hydrogen-bond acceptors (Lipinski definition) is 2. The molecule has 1 N–H and O–H groups in total. The molecule has 0 saturated heterocycles. The van der Waals surface area contributed by atoms with Gasteiger partial charge in [0, 0.05) is 5.56 Å². The standard InChI is InChI=1S/C14H14O.C6H6O/c1-2-15-14-11-7-6-10-13(14)12-8-4-3-5-9-12;7-6-4-2-1-3-5-6/h3-11H,2H2,1H3;1-5,7H. The molecule has 0 spiro atoms. The van der Waals surface area contributed by atoms with Crippen molar-refractivity contribution in [3.63, 3.8) is 0 Å². The molecule has 0 amide bonds. The van der Waals surface area contributed by atoms with Crippen molar-refractivity contribution < 1.29 is 9.84 Å². The Hall–Kier alpha value is -2.74. The van der Waals surface area contributed by atoms with Crippen LogP contribution in [0, 0.1) is 0 Å². The molecule has 0 bridgehead atoms. The first-order chi connectivity index (χ1) is 10.8. The fourth-order valence-electron chi connectivity index (χ4n) is 2.03. The molecule has 0 radical (unpaired) electrons. The van der Waals surface area contributed by atoms with E-state index < -0.39 is 0 Å². The van der Waals surface area contributed by atoms with Crippen LogP contribution in [0.3, 0.4) is 0 Å². The summed E-state index contributed by atoms with van der Waals surface area (Å²) in [4.78, 5) is 0. The first-order valence-electron chi connectivity index (χ1n) is 7.32. The number of aromatic hydroxyl groups is 1. The second-order valence-corrected chi connectivity index (χ2v) is 4.63. The SMILES string of the molecule is CCOc1ccccc1-c1ccccc1.Oc1ccccc1. The van der Waals surface area contributed by atoms with Crippen molar-refractivity contribution in [2.45, 2.75) is 6.92 Å². The summed E-state index contributed by atoms with van der Waals surface area (Å²) in [5, 5.41) is 8.63. The average Bonchev–Trinajstić information content (AvgIpc) is 2.58. The summed E-state index contributed by atoms with van der Waals surface area (Å²) in [5.41, 5.74) is 2.35. The van der Waals surface area contributed by atoms with Crippen LogP contribution in [0.15, 0.2) is 84.9 Å². The normalized spacial score (nSPS) is 9.50. The lowest BCUT2D eigenvalue weighted by molar-refractivity contribution is 0.341. The average molecular weight is 292 g/mol. The Morgan fingerprint density at radius 2 is 1.27 bits per heavy atom. The van der Waals surface area contributed by atoms with E-state index in [0.29, 0.717) is 12.4 Å². The zero-order valence-electron chi connectivity index (χ0n) is 12.6. The van der Waals surface area contributed by atoms with E-state index in [9.17, 15) is 0 Å². The van der Waals surface area contributed by atoms with Gasteiger partial charge in [-0.15, -0.1) is 0 Å². The molecule has 0 fully saturated rings. The minimum absolute atomic E-state index is 0.322. The van der Waals surface area contributed by atoms with Crippen LogP contribution < -0.4 is 4.74 Å². The molecule has 0 unspecified atom stereocenters. The Bertz CT molecular complexity index is 664. The van der Waals surface area contributed by atoms with E-state index >= 15 is 0 Å². The van der Waals surface area contributed by atoms with Crippen molar-refractivity contribution in [3.8, 4) is 22.6 Å². The molecule has 2 nitrogen and oxygen atoms in total. The number of para-hydroxylation sites is 2. The van der Waals surface area contributed by atoms with E-state index in [4.69, 9.17) is 9.84 Å². The largest absolute Gasteiger partial charge is 0.508 e. The number of phenolic OH excluding ortho intramolecular Hbond substituents is 1. The summed E-state index contributed by atoms with van der Waals surface area (Å²) in [6, 6.07) is 27.1. The van der Waals surface area contributed by atoms with Gasteiger partial charge in [-0.2, -0.15) is 0 Å². The van der Waals surface area contributed by atoms with Crippen LogP contribution in [0.1, 0.15) is 6.92 Å². The molecule has 3 aromatic carbocycles. The van der Waals surface area contributed by atoms with Gasteiger partial charge in [-0.05, 0) is 30.7 Å². The molecule has 0 aromatic heterocycles. The Kier molecular flexibility index (Phi) is 6.06. The number of ether oxygens (including phenoxy) is 1. The van der Waals surface area contributed by atoms with E-state index in [1.165, 1.54) is 5.56 Å². The topological polar surface area (TPSA) is 29.5 Å². The molecule has 3 aromatic rings. The van der Waals surface area contributed by atoms with Gasteiger partial charge < -0.3 is 9.84 Å². The number of rotatable bonds is 3. The number of phenols is 1. The number of benzene rings is 3. The Labute approximate surface area is 131 Å². The van der Waals surface area contributed by atoms with Crippen molar-refractivity contribution in [1.82, 2.24) is 0 Å². The highest BCUT2D eigenvalue weighted by molar-refractivity contribution is 5.70. The van der Waals surface area contributed by atoms with Crippen molar-refractivity contribution in [2.75, 3.05) is 6.61 Å². The lowest BCUT2D eigenvalue weighted by Crippen LogP contribution is -1.93. The maximum absolute atomic E-state index is 8.63. The van der Waals surface area contributed by atoms with E-state index in [1.807, 2.05) is 49.4 Å². The van der Waals surface area contributed by atoms with Crippen molar-refractivity contribution in [2.24, 2.45) is 0 Å². The smallest absolute Gasteiger partial charge is 0.127 e. The Morgan fingerprint density at radius 1 is 0.727 bits per heavy atom. The molecule has 112 valence electrons. The van der Waals surface area contributed by atoms with Crippen LogP contribution in [0.25, 0.3) is 11.1 Å². The van der Waals surface area contributed by atoms with Gasteiger partial charge in [-0.1, -0.05) is 66.7 Å². The predicted molar refractivity (Wildman–Crippen MR) is 91.2 cm³/mol. The monoisotopic (exact) mass is 292 g/mol. The van der Waals surface area contributed by atoms with E-state index in [2.05, 4.69) is 18.2 Å². The predicted octanol–water partition coefficient (Wildman–Crippen LogP) is 5.14. The zero-order valence-corrected chi connectivity index (χ0v) is 12.6. The van der Waals surface area contributed by atoms with E-state index in [-0.39, 0.29) is 0 Å². The molecular formula is C20H20O2. The van der Waals surface area contributed by atoms with Crippen LogP contribution in [0.4, 0.5) is 0 Å². The molecule has 0 saturated carbocycles. The maximum atomic E-state index is 8.63. The molecular weight excluding hydrogens is 272 g/mol. The molecule has 0 heterocycles. The van der Waals surface area contributed by atoms with Gasteiger partial charge in [0.1, 0.15) is 11.5 Å². The van der Waals surface area contributed by atoms with Crippen LogP contribution in [-0.2, 0) is 0 Å². The van der Waals surface area contributed by atoms with Crippen LogP contribution in [0.2, 0.25) is 0 Å². The Morgan fingerprint density at radius 3 is 1.82 bits per heavy atom. The van der Waals surface area contributed by atoms with Crippen molar-refractivity contribution >= 4 is 0 Å². The van der Waals surface area contributed by atoms with Gasteiger partial charge >= 0.3 is 0 Å². The minimum Gasteiger partial charge on any atom is -0.508 e. The highest BCUT2D eigenvalue weighted by atomic mass is 16.5. The highest BCUT2D eigenvalue weighted by Crippen LogP contribution is 2.29. The Balaban J connectivity index is 0.000000211. The third kappa shape index (κ3) is 4.67. The van der Waals surface area contributed by atoms with Gasteiger partial charge in [0.2, 0.25) is 0 Å². The molecule has 22 heavy (non-hydrogen) atoms. The summed E-state index contributed by atoms with van der Waals surface area (Å²) >= 11 is 0. The van der Waals surface area contributed by atoms with Gasteiger partial charge in [-0.3, -0.25) is 0 Å². The van der Waals surface area contributed by atoms with E-state index in [0.717, 1.165) is 11.3 Å². The maximum Gasteiger partial charge on any atom is 0.127 e. The summed E-state index contributed by atoms with van der Waals surface area (Å²) in [6.45, 7) is 2.70. The quantitative estimate of drug-likeness (QED) is 0.724. The molecule has 2 heteroatoms. The van der Waals surface area contributed by atoms with Crippen LogP contribution >= 0.6 is 0 Å². The van der Waals surface area contributed by atoms with Crippen LogP contribution in [0.5, 0.6) is 11.5 Å². The summed E-state index contributed by atoms with van der Waals surface area (Å²) < 4.78 is 5.59. The molecule has 0 atom stereocenters. The number of hydrogen-bond donors (Lipinski definition) is 1. The van der Waals surface area contributed by atoms with Gasteiger partial charge in [-0.25, -0.2) is 0 Å². The second kappa shape index (κ2) is 8.53. The molecule has 3 rings (SSSR count). The van der Waals surface area contributed by atoms with Crippen molar-refractivity contribution in [1.29, 1.82) is 0 Å². The molecule has 0 aliphatic rings. The first-order valence-corrected chi connectivity index (χ1v) is 7.32. The molecule has 0 aliphatic carbocycles. The lowest BCUT2D eigenvalue weighted by Gasteiger charge is -2.09. The van der Waals surface area contributed by atoms with Crippen molar-refractivity contribution in [3.05, 3.63) is 84.9 Å². The third-order valence-corrected chi connectivity index (χ3v) is 3.03. The minimum atomic E-state index is 0.322. The summed E-state index contributed by atoms with van der Waals surface area (Å²) in [5.74, 6) is 1.27. The van der Waals surface area contributed by atoms with Gasteiger partial charge in [0.15, 0.2) is 0 Å². The van der Waals surface area contributed by atoms with Crippen LogP contribution in [-0.4, -0.2) is 11.7 Å². The van der Waals surface area contributed by atoms with E-state index in [1.54, 1.807) is 24.3 Å². The lowest BCUT2D eigenvalue weighted by atomic mass is 10.1. The van der Waals surface area contributed by atoms with Gasteiger partial charge in [0.25, 0.3) is 0 Å². The second-order valence-electron chi connectivity index (χ2n) is 4.63. The molecule has 0 aliphatic heterocycles. The first kappa shape index (κ1) is 15.6. The summed E-state index contributed by atoms with van der Waals surface area (Å²) in [7, 11) is 0. The fourth-order valence-corrected chi connectivity index (χ4v) is 2.03. The summed E-state index contributed by atoms with van der Waals surface area (Å²) in [6.07, 6.45) is 0. The third-order valence-electron chi connectivity index (χ3n) is 3.03. The zero-order chi connectivity index (χ0) is 15.6. The fraction of sp³-hybridized carbons (Fsp3) is 0.100. The van der Waals surface area contributed by atoms with Gasteiger partial charge in [0.05, 0.1) is 6.61 Å².